The molecular formula is C19H28ClN3O5S. The van der Waals surface area contributed by atoms with Crippen molar-refractivity contribution in [3.63, 3.8) is 0 Å². The molecule has 1 heterocycles. The van der Waals surface area contributed by atoms with Crippen LogP contribution in [0.2, 0.25) is 5.02 Å². The Balaban J connectivity index is 2.18. The summed E-state index contributed by atoms with van der Waals surface area (Å²) >= 11 is 6.14. The number of carbonyl (C=O) groups is 2. The van der Waals surface area contributed by atoms with Gasteiger partial charge in [0.2, 0.25) is 15.9 Å². The van der Waals surface area contributed by atoms with Gasteiger partial charge in [0.25, 0.3) is 5.91 Å². The van der Waals surface area contributed by atoms with Gasteiger partial charge in [-0.3, -0.25) is 9.59 Å². The first-order chi connectivity index (χ1) is 13.3. The summed E-state index contributed by atoms with van der Waals surface area (Å²) in [6.07, 6.45) is -0.500. The first kappa shape index (κ1) is 23.6. The molecule has 0 saturated carbocycles. The normalized spacial score (nSPS) is 20.9. The van der Waals surface area contributed by atoms with Crippen LogP contribution < -0.4 is 10.6 Å². The third-order valence-corrected chi connectivity index (χ3v) is 6.43. The fraction of sp³-hybridized carbons (Fsp3) is 0.579. The molecule has 0 bridgehead atoms. The van der Waals surface area contributed by atoms with Crippen LogP contribution in [0.15, 0.2) is 23.1 Å². The number of rotatable bonds is 5. The Labute approximate surface area is 177 Å². The van der Waals surface area contributed by atoms with Crippen LogP contribution in [-0.2, 0) is 19.6 Å². The number of nitrogens with one attached hydrogen (secondary N) is 2. The zero-order valence-corrected chi connectivity index (χ0v) is 18.9. The van der Waals surface area contributed by atoms with Gasteiger partial charge in [-0.15, -0.1) is 0 Å². The minimum absolute atomic E-state index is 0.0267. The molecule has 1 aromatic carbocycles. The Hall–Kier alpha value is -1.68. The molecular weight excluding hydrogens is 418 g/mol. The lowest BCUT2D eigenvalue weighted by atomic mass is 10.1. The van der Waals surface area contributed by atoms with E-state index in [2.05, 4.69) is 10.6 Å². The molecule has 0 aliphatic carbocycles. The van der Waals surface area contributed by atoms with E-state index < -0.39 is 21.5 Å². The summed E-state index contributed by atoms with van der Waals surface area (Å²) in [4.78, 5) is 24.2. The smallest absolute Gasteiger partial charge is 0.251 e. The molecule has 10 heteroatoms. The van der Waals surface area contributed by atoms with Crippen LogP contribution in [0.4, 0.5) is 0 Å². The monoisotopic (exact) mass is 445 g/mol. The molecule has 2 atom stereocenters. The van der Waals surface area contributed by atoms with Crippen LogP contribution >= 0.6 is 11.6 Å². The standard InChI is InChI=1S/C19H28ClN3O5S/c1-12-10-23(11-13(2)28-12)29(26,27)16-8-14(6-7-15(16)20)18(25)21-9-17(24)22-19(3,4)5/h6-8,12-13H,9-11H2,1-5H3,(H,21,25)(H,22,24)/t12-,13-/m0/s1. The predicted octanol–water partition coefficient (Wildman–Crippen LogP) is 1.78. The Kier molecular flexibility index (Phi) is 7.32. The van der Waals surface area contributed by atoms with Gasteiger partial charge in [0, 0.05) is 24.2 Å². The molecule has 1 aliphatic rings. The van der Waals surface area contributed by atoms with Crippen molar-refractivity contribution in [3.05, 3.63) is 28.8 Å². The van der Waals surface area contributed by atoms with Crippen LogP contribution in [0.5, 0.6) is 0 Å². The van der Waals surface area contributed by atoms with Crippen molar-refractivity contribution in [2.24, 2.45) is 0 Å². The summed E-state index contributed by atoms with van der Waals surface area (Å²) < 4.78 is 33.1. The Morgan fingerprint density at radius 3 is 2.34 bits per heavy atom. The molecule has 29 heavy (non-hydrogen) atoms. The van der Waals surface area contributed by atoms with Crippen LogP contribution in [-0.4, -0.2) is 61.9 Å². The van der Waals surface area contributed by atoms with Crippen LogP contribution in [0.25, 0.3) is 0 Å². The van der Waals surface area contributed by atoms with Gasteiger partial charge in [0.15, 0.2) is 0 Å². The molecule has 0 radical (unpaired) electrons. The van der Waals surface area contributed by atoms with Crippen LogP contribution in [0.1, 0.15) is 45.0 Å². The SMILES string of the molecule is C[C@H]1CN(S(=O)(=O)c2cc(C(=O)NCC(=O)NC(C)(C)C)ccc2Cl)C[C@H](C)O1. The summed E-state index contributed by atoms with van der Waals surface area (Å²) in [7, 11) is -3.91. The average molecular weight is 446 g/mol. The van der Waals surface area contributed by atoms with E-state index in [0.29, 0.717) is 0 Å². The van der Waals surface area contributed by atoms with E-state index in [1.807, 2.05) is 20.8 Å². The maximum Gasteiger partial charge on any atom is 0.251 e. The quantitative estimate of drug-likeness (QED) is 0.718. The predicted molar refractivity (Wildman–Crippen MR) is 110 cm³/mol. The lowest BCUT2D eigenvalue weighted by Crippen LogP contribution is -2.48. The van der Waals surface area contributed by atoms with E-state index in [0.717, 1.165) is 0 Å². The fourth-order valence-corrected chi connectivity index (χ4v) is 5.12. The molecule has 0 unspecified atom stereocenters. The third-order valence-electron chi connectivity index (χ3n) is 4.12. The molecule has 1 aromatic rings. The fourth-order valence-electron chi connectivity index (χ4n) is 3.03. The van der Waals surface area contributed by atoms with Crippen molar-refractivity contribution in [1.82, 2.24) is 14.9 Å². The van der Waals surface area contributed by atoms with Gasteiger partial charge in [-0.25, -0.2) is 8.42 Å². The van der Waals surface area contributed by atoms with E-state index in [1.54, 1.807) is 13.8 Å². The van der Waals surface area contributed by atoms with Crippen molar-refractivity contribution >= 4 is 33.4 Å². The second-order valence-electron chi connectivity index (χ2n) is 8.21. The topological polar surface area (TPSA) is 105 Å². The molecule has 2 rings (SSSR count). The summed E-state index contributed by atoms with van der Waals surface area (Å²) in [5.74, 6) is -0.908. The minimum Gasteiger partial charge on any atom is -0.373 e. The number of amides is 2. The Morgan fingerprint density at radius 1 is 1.21 bits per heavy atom. The molecule has 0 aromatic heterocycles. The number of nitrogens with zero attached hydrogens (tertiary/aromatic N) is 1. The Bertz CT molecular complexity index is 872. The summed E-state index contributed by atoms with van der Waals surface area (Å²) in [6.45, 7) is 9.26. The van der Waals surface area contributed by atoms with Gasteiger partial charge < -0.3 is 15.4 Å². The largest absolute Gasteiger partial charge is 0.373 e. The van der Waals surface area contributed by atoms with E-state index in [9.17, 15) is 18.0 Å². The molecule has 1 fully saturated rings. The van der Waals surface area contributed by atoms with Crippen LogP contribution in [0.3, 0.4) is 0 Å². The van der Waals surface area contributed by atoms with Gasteiger partial charge in [-0.05, 0) is 52.8 Å². The number of ether oxygens (including phenoxy) is 1. The highest BCUT2D eigenvalue weighted by Crippen LogP contribution is 2.28. The lowest BCUT2D eigenvalue weighted by molar-refractivity contribution is -0.121. The average Bonchev–Trinajstić information content (AvgIpc) is 2.57. The van der Waals surface area contributed by atoms with E-state index in [-0.39, 0.29) is 53.2 Å². The maximum absolute atomic E-state index is 13.1. The van der Waals surface area contributed by atoms with Crippen molar-refractivity contribution in [1.29, 1.82) is 0 Å². The number of halogens is 1. The van der Waals surface area contributed by atoms with Gasteiger partial charge in [-0.2, -0.15) is 4.31 Å². The Morgan fingerprint density at radius 2 is 1.79 bits per heavy atom. The van der Waals surface area contributed by atoms with Gasteiger partial charge in [-0.1, -0.05) is 11.6 Å². The highest BCUT2D eigenvalue weighted by Gasteiger charge is 2.33. The molecule has 0 spiro atoms. The van der Waals surface area contributed by atoms with Gasteiger partial charge in [0.1, 0.15) is 4.90 Å². The molecule has 8 nitrogen and oxygen atoms in total. The molecule has 2 N–H and O–H groups in total. The van der Waals surface area contributed by atoms with Crippen molar-refractivity contribution in [3.8, 4) is 0 Å². The number of morpholine rings is 1. The van der Waals surface area contributed by atoms with Crippen molar-refractivity contribution < 1.29 is 22.7 Å². The first-order valence-corrected chi connectivity index (χ1v) is 11.2. The number of hydrogen-bond donors (Lipinski definition) is 2. The second-order valence-corrected chi connectivity index (χ2v) is 10.5. The zero-order valence-electron chi connectivity index (χ0n) is 17.3. The number of benzene rings is 1. The summed E-state index contributed by atoms with van der Waals surface area (Å²) in [5.41, 5.74) is -0.318. The number of hydrogen-bond acceptors (Lipinski definition) is 5. The van der Waals surface area contributed by atoms with E-state index in [4.69, 9.17) is 16.3 Å². The third kappa shape index (κ3) is 6.40. The van der Waals surface area contributed by atoms with Crippen molar-refractivity contribution in [2.45, 2.75) is 57.3 Å². The summed E-state index contributed by atoms with van der Waals surface area (Å²) in [6, 6.07) is 4.02. The summed E-state index contributed by atoms with van der Waals surface area (Å²) in [5, 5.41) is 5.25. The highest BCUT2D eigenvalue weighted by molar-refractivity contribution is 7.89. The maximum atomic E-state index is 13.1. The molecule has 1 aliphatic heterocycles. The number of sulfonamides is 1. The van der Waals surface area contributed by atoms with Crippen LogP contribution in [0, 0.1) is 0 Å². The minimum atomic E-state index is -3.91. The lowest BCUT2D eigenvalue weighted by Gasteiger charge is -2.34. The zero-order chi connectivity index (χ0) is 22.0. The van der Waals surface area contributed by atoms with Gasteiger partial charge >= 0.3 is 0 Å². The second kappa shape index (κ2) is 8.99. The van der Waals surface area contributed by atoms with E-state index >= 15 is 0 Å². The van der Waals surface area contributed by atoms with E-state index in [1.165, 1.54) is 22.5 Å². The number of carbonyl (C=O) groups excluding carboxylic acids is 2. The van der Waals surface area contributed by atoms with Crippen molar-refractivity contribution in [2.75, 3.05) is 19.6 Å². The van der Waals surface area contributed by atoms with Gasteiger partial charge in [0.05, 0.1) is 23.8 Å². The first-order valence-electron chi connectivity index (χ1n) is 9.34. The molecule has 162 valence electrons. The molecule has 1 saturated heterocycles. The molecule has 2 amide bonds. The highest BCUT2D eigenvalue weighted by atomic mass is 35.5.